The first-order valence-corrected chi connectivity index (χ1v) is 6.68. The van der Waals surface area contributed by atoms with Crippen molar-refractivity contribution >= 4 is 5.82 Å². The summed E-state index contributed by atoms with van der Waals surface area (Å²) in [7, 11) is 0. The second-order valence-corrected chi connectivity index (χ2v) is 4.87. The predicted molar refractivity (Wildman–Crippen MR) is 75.3 cm³/mol. The zero-order valence-corrected chi connectivity index (χ0v) is 11.6. The molecule has 0 aromatic carbocycles. The average molecular weight is 265 g/mol. The molecule has 6 nitrogen and oxygen atoms in total. The minimum atomic E-state index is -0.136. The number of nitrogens with two attached hydrogens (primary N) is 2. The Labute approximate surface area is 114 Å². The van der Waals surface area contributed by atoms with E-state index in [0.717, 1.165) is 37.4 Å². The van der Waals surface area contributed by atoms with E-state index in [2.05, 4.69) is 22.2 Å². The lowest BCUT2D eigenvalue weighted by Gasteiger charge is -2.37. The fourth-order valence-corrected chi connectivity index (χ4v) is 2.59. The van der Waals surface area contributed by atoms with Gasteiger partial charge in [-0.2, -0.15) is 0 Å². The van der Waals surface area contributed by atoms with Crippen LogP contribution in [0.4, 0.5) is 5.82 Å². The lowest BCUT2D eigenvalue weighted by Crippen LogP contribution is -2.49. The third kappa shape index (κ3) is 3.03. The lowest BCUT2D eigenvalue weighted by atomic mass is 9.97. The van der Waals surface area contributed by atoms with Crippen molar-refractivity contribution in [2.45, 2.75) is 26.0 Å². The van der Waals surface area contributed by atoms with Crippen LogP contribution >= 0.6 is 0 Å². The van der Waals surface area contributed by atoms with Crippen molar-refractivity contribution in [2.75, 3.05) is 32.0 Å². The molecule has 2 unspecified atom stereocenters. The van der Waals surface area contributed by atoms with E-state index in [1.165, 1.54) is 0 Å². The van der Waals surface area contributed by atoms with Gasteiger partial charge in [-0.1, -0.05) is 6.92 Å². The van der Waals surface area contributed by atoms with Crippen LogP contribution in [0.25, 0.3) is 0 Å². The Morgan fingerprint density at radius 2 is 2.42 bits per heavy atom. The zero-order valence-electron chi connectivity index (χ0n) is 11.6. The number of nitrogens with zero attached hydrogens (tertiary/aromatic N) is 2. The average Bonchev–Trinajstić information content (AvgIpc) is 2.43. The summed E-state index contributed by atoms with van der Waals surface area (Å²) in [6.07, 6.45) is 1.70. The van der Waals surface area contributed by atoms with E-state index in [1.807, 2.05) is 13.0 Å². The second-order valence-electron chi connectivity index (χ2n) is 4.87. The highest BCUT2D eigenvalue weighted by Crippen LogP contribution is 2.27. The number of nitrogens with one attached hydrogen (secondary N) is 1. The molecular weight excluding hydrogens is 242 g/mol. The Kier molecular flexibility index (Phi) is 4.71. The quantitative estimate of drug-likeness (QED) is 0.532. The molecule has 2 heterocycles. The highest BCUT2D eigenvalue weighted by atomic mass is 16.5. The molecule has 0 bridgehead atoms. The second kappa shape index (κ2) is 6.29. The Morgan fingerprint density at radius 1 is 1.63 bits per heavy atom. The minimum Gasteiger partial charge on any atom is -0.383 e. The van der Waals surface area contributed by atoms with E-state index >= 15 is 0 Å². The van der Waals surface area contributed by atoms with Gasteiger partial charge in [0.25, 0.3) is 0 Å². The molecule has 0 aliphatic carbocycles. The molecule has 2 atom stereocenters. The first-order valence-electron chi connectivity index (χ1n) is 6.68. The van der Waals surface area contributed by atoms with Gasteiger partial charge in [0, 0.05) is 24.8 Å². The van der Waals surface area contributed by atoms with Crippen molar-refractivity contribution in [1.29, 1.82) is 0 Å². The molecule has 6 heteroatoms. The van der Waals surface area contributed by atoms with Crippen molar-refractivity contribution in [2.24, 2.45) is 5.84 Å². The summed E-state index contributed by atoms with van der Waals surface area (Å²) in [5.41, 5.74) is 10.9. The molecule has 1 aromatic heterocycles. The van der Waals surface area contributed by atoms with Gasteiger partial charge in [0.1, 0.15) is 5.82 Å². The van der Waals surface area contributed by atoms with Crippen LogP contribution in [-0.2, 0) is 4.74 Å². The number of hydrogen-bond donors (Lipinski definition) is 3. The van der Waals surface area contributed by atoms with E-state index in [-0.39, 0.29) is 12.1 Å². The maximum Gasteiger partial charge on any atom is 0.128 e. The third-order valence-electron chi connectivity index (χ3n) is 3.73. The van der Waals surface area contributed by atoms with Crippen LogP contribution in [-0.4, -0.2) is 42.2 Å². The van der Waals surface area contributed by atoms with Crippen LogP contribution in [0, 0.1) is 6.92 Å². The van der Waals surface area contributed by atoms with E-state index in [4.69, 9.17) is 16.3 Å². The van der Waals surface area contributed by atoms with Crippen LogP contribution in [0.5, 0.6) is 0 Å². The molecule has 1 aliphatic rings. The number of aryl methyl sites for hydroxylation is 1. The van der Waals surface area contributed by atoms with Crippen LogP contribution in [0.2, 0.25) is 0 Å². The number of ether oxygens (including phenoxy) is 1. The minimum absolute atomic E-state index is 0.0103. The van der Waals surface area contributed by atoms with Gasteiger partial charge in [-0.3, -0.25) is 16.2 Å². The van der Waals surface area contributed by atoms with Crippen molar-refractivity contribution in [1.82, 2.24) is 15.3 Å². The third-order valence-corrected chi connectivity index (χ3v) is 3.73. The summed E-state index contributed by atoms with van der Waals surface area (Å²) in [5.74, 6) is 6.24. The summed E-state index contributed by atoms with van der Waals surface area (Å²) in [5, 5.41) is 0. The molecule has 1 aromatic rings. The number of pyridine rings is 1. The predicted octanol–water partition coefficient (Wildman–Crippen LogP) is 0.197. The first-order chi connectivity index (χ1) is 9.17. The fourth-order valence-electron chi connectivity index (χ4n) is 2.59. The van der Waals surface area contributed by atoms with E-state index < -0.39 is 0 Å². The molecule has 0 radical (unpaired) electrons. The van der Waals surface area contributed by atoms with Crippen molar-refractivity contribution in [3.05, 3.63) is 23.4 Å². The summed E-state index contributed by atoms with van der Waals surface area (Å²) in [6, 6.07) is 1.80. The summed E-state index contributed by atoms with van der Waals surface area (Å²) in [4.78, 5) is 6.50. The topological polar surface area (TPSA) is 89.4 Å². The number of rotatable bonds is 4. The Morgan fingerprint density at radius 3 is 3.05 bits per heavy atom. The Hall–Kier alpha value is -1.21. The number of hydrogen-bond acceptors (Lipinski definition) is 6. The highest BCUT2D eigenvalue weighted by molar-refractivity contribution is 5.46. The normalized spacial score (nSPS) is 22.4. The monoisotopic (exact) mass is 265 g/mol. The summed E-state index contributed by atoms with van der Waals surface area (Å²) in [6.45, 7) is 7.70. The molecule has 0 saturated carbocycles. The van der Waals surface area contributed by atoms with Crippen molar-refractivity contribution < 1.29 is 4.74 Å². The molecular formula is C13H23N5O. The Bertz CT molecular complexity index is 405. The number of anilines is 1. The molecule has 106 valence electrons. The van der Waals surface area contributed by atoms with E-state index in [9.17, 15) is 0 Å². The molecule has 0 spiro atoms. The summed E-state index contributed by atoms with van der Waals surface area (Å²) >= 11 is 0. The van der Waals surface area contributed by atoms with Crippen LogP contribution < -0.4 is 17.0 Å². The zero-order chi connectivity index (χ0) is 13.8. The standard InChI is InChI=1S/C13H23N5O/c1-3-18-6-7-19-10(8-18)12(17-15)11-9(2)4-5-16-13(11)14/h4-5,10,12,17H,3,6-8,15H2,1-2H3,(H2,14,16). The number of hydrazine groups is 1. The smallest absolute Gasteiger partial charge is 0.128 e. The van der Waals surface area contributed by atoms with Gasteiger partial charge in [-0.15, -0.1) is 0 Å². The number of nitrogen functional groups attached to an aromatic ring is 1. The number of likely N-dealkylation sites (N-methyl/N-ethyl adjacent to an activating group) is 1. The van der Waals surface area contributed by atoms with E-state index in [0.29, 0.717) is 5.82 Å². The number of morpholine rings is 1. The van der Waals surface area contributed by atoms with Gasteiger partial charge in [0.15, 0.2) is 0 Å². The maximum absolute atomic E-state index is 6.00. The van der Waals surface area contributed by atoms with Crippen molar-refractivity contribution in [3.63, 3.8) is 0 Å². The maximum atomic E-state index is 6.00. The van der Waals surface area contributed by atoms with Gasteiger partial charge in [0.2, 0.25) is 0 Å². The molecule has 1 aliphatic heterocycles. The van der Waals surface area contributed by atoms with Gasteiger partial charge < -0.3 is 10.5 Å². The molecule has 5 N–H and O–H groups in total. The SMILES string of the molecule is CCN1CCOC(C(NN)c2c(C)ccnc2N)C1. The van der Waals surface area contributed by atoms with Crippen LogP contribution in [0.1, 0.15) is 24.1 Å². The molecule has 2 rings (SSSR count). The molecule has 0 amide bonds. The molecule has 1 saturated heterocycles. The van der Waals surface area contributed by atoms with Gasteiger partial charge >= 0.3 is 0 Å². The Balaban J connectivity index is 2.24. The highest BCUT2D eigenvalue weighted by Gasteiger charge is 2.30. The fraction of sp³-hybridized carbons (Fsp3) is 0.615. The van der Waals surface area contributed by atoms with Crippen molar-refractivity contribution in [3.8, 4) is 0 Å². The first kappa shape index (κ1) is 14.2. The van der Waals surface area contributed by atoms with Crippen LogP contribution in [0.15, 0.2) is 12.3 Å². The number of aromatic nitrogens is 1. The largest absolute Gasteiger partial charge is 0.383 e. The van der Waals surface area contributed by atoms with Gasteiger partial charge in [-0.05, 0) is 25.1 Å². The summed E-state index contributed by atoms with van der Waals surface area (Å²) < 4.78 is 5.86. The lowest BCUT2D eigenvalue weighted by molar-refractivity contribution is -0.0456. The van der Waals surface area contributed by atoms with Crippen LogP contribution in [0.3, 0.4) is 0 Å². The molecule has 19 heavy (non-hydrogen) atoms. The van der Waals surface area contributed by atoms with Gasteiger partial charge in [0.05, 0.1) is 18.8 Å². The molecule has 1 fully saturated rings. The van der Waals surface area contributed by atoms with E-state index in [1.54, 1.807) is 6.20 Å². The van der Waals surface area contributed by atoms with Gasteiger partial charge in [-0.25, -0.2) is 4.98 Å².